The molecule has 0 amide bonds. The van der Waals surface area contributed by atoms with E-state index in [2.05, 4.69) is 31.5 Å². The summed E-state index contributed by atoms with van der Waals surface area (Å²) >= 11 is 0. The molecule has 140 valence electrons. The minimum Gasteiger partial charge on any atom is -0.465 e. The monoisotopic (exact) mass is 365 g/mol. The molecule has 2 N–H and O–H groups in total. The van der Waals surface area contributed by atoms with E-state index in [0.717, 1.165) is 6.54 Å². The fraction of sp³-hybridized carbons (Fsp3) is 0.400. The Bertz CT molecular complexity index is 823. The molecule has 0 aromatic carbocycles. The van der Waals surface area contributed by atoms with Crippen molar-refractivity contribution in [3.05, 3.63) is 35.9 Å². The van der Waals surface area contributed by atoms with Gasteiger partial charge in [0.2, 0.25) is 0 Å². The standard InChI is InChI=1S/C20H23N5O2/c1-3-15-11-23-19(13-21-15)25-18-9-17(16(12-24-18)20(26)27-2)22-10-14-7-5-4-6-8-14/h1,9,11-14H,4-8,10H2,2H3,(H2,22,23,24,25). The zero-order chi connectivity index (χ0) is 19.1. The molecule has 2 aromatic rings. The number of hydrogen-bond acceptors (Lipinski definition) is 7. The van der Waals surface area contributed by atoms with Gasteiger partial charge in [0.05, 0.1) is 25.2 Å². The largest absolute Gasteiger partial charge is 0.465 e. The van der Waals surface area contributed by atoms with Crippen LogP contribution in [-0.2, 0) is 4.74 Å². The molecule has 0 radical (unpaired) electrons. The molecule has 0 aliphatic heterocycles. The summed E-state index contributed by atoms with van der Waals surface area (Å²) in [5, 5.41) is 6.47. The summed E-state index contributed by atoms with van der Waals surface area (Å²) in [4.78, 5) is 24.6. The maximum Gasteiger partial charge on any atom is 0.341 e. The third-order valence-corrected chi connectivity index (χ3v) is 4.67. The zero-order valence-electron chi connectivity index (χ0n) is 15.4. The molecule has 7 nitrogen and oxygen atoms in total. The molecule has 0 atom stereocenters. The van der Waals surface area contributed by atoms with E-state index in [1.807, 2.05) is 0 Å². The van der Waals surface area contributed by atoms with Crippen LogP contribution in [0.15, 0.2) is 24.7 Å². The van der Waals surface area contributed by atoms with Gasteiger partial charge in [0, 0.05) is 18.8 Å². The summed E-state index contributed by atoms with van der Waals surface area (Å²) in [6.45, 7) is 0.824. The number of anilines is 3. The number of nitrogens with zero attached hydrogens (tertiary/aromatic N) is 3. The Hall–Kier alpha value is -3.14. The summed E-state index contributed by atoms with van der Waals surface area (Å²) in [5.41, 5.74) is 1.56. The molecule has 3 rings (SSSR count). The van der Waals surface area contributed by atoms with Crippen LogP contribution in [0.1, 0.15) is 48.2 Å². The average Bonchev–Trinajstić information content (AvgIpc) is 2.73. The lowest BCUT2D eigenvalue weighted by molar-refractivity contribution is 0.0601. The van der Waals surface area contributed by atoms with Gasteiger partial charge in [-0.2, -0.15) is 0 Å². The summed E-state index contributed by atoms with van der Waals surface area (Å²) in [6.07, 6.45) is 16.1. The van der Waals surface area contributed by atoms with Gasteiger partial charge >= 0.3 is 5.97 Å². The van der Waals surface area contributed by atoms with E-state index in [1.54, 1.807) is 12.3 Å². The molecular weight excluding hydrogens is 342 g/mol. The van der Waals surface area contributed by atoms with Crippen LogP contribution >= 0.6 is 0 Å². The van der Waals surface area contributed by atoms with Gasteiger partial charge in [-0.15, -0.1) is 6.42 Å². The van der Waals surface area contributed by atoms with Crippen molar-refractivity contribution in [2.24, 2.45) is 5.92 Å². The first-order valence-corrected chi connectivity index (χ1v) is 9.07. The molecule has 2 heterocycles. The predicted octanol–water partition coefficient (Wildman–Crippen LogP) is 3.38. The second-order valence-electron chi connectivity index (χ2n) is 6.55. The maximum atomic E-state index is 12.1. The Balaban J connectivity index is 1.76. The predicted molar refractivity (Wildman–Crippen MR) is 104 cm³/mol. The van der Waals surface area contributed by atoms with Gasteiger partial charge in [-0.1, -0.05) is 19.3 Å². The number of esters is 1. The molecule has 0 saturated heterocycles. The first-order chi connectivity index (χ1) is 13.2. The smallest absolute Gasteiger partial charge is 0.341 e. The van der Waals surface area contributed by atoms with Gasteiger partial charge in [-0.05, 0) is 24.7 Å². The van der Waals surface area contributed by atoms with Crippen LogP contribution in [0.3, 0.4) is 0 Å². The van der Waals surface area contributed by atoms with E-state index in [9.17, 15) is 4.79 Å². The third kappa shape index (κ3) is 4.94. The van der Waals surface area contributed by atoms with E-state index in [1.165, 1.54) is 51.6 Å². The number of aromatic nitrogens is 3. The van der Waals surface area contributed by atoms with Crippen molar-refractivity contribution in [2.75, 3.05) is 24.3 Å². The number of pyridine rings is 1. The number of carbonyl (C=O) groups is 1. The number of ether oxygens (including phenoxy) is 1. The number of hydrogen-bond donors (Lipinski definition) is 2. The van der Waals surface area contributed by atoms with Gasteiger partial charge in [0.1, 0.15) is 22.9 Å². The van der Waals surface area contributed by atoms with Crippen molar-refractivity contribution < 1.29 is 9.53 Å². The lowest BCUT2D eigenvalue weighted by Gasteiger charge is -2.23. The van der Waals surface area contributed by atoms with Crippen molar-refractivity contribution in [1.82, 2.24) is 15.0 Å². The number of methoxy groups -OCH3 is 1. The molecular formula is C20H23N5O2. The summed E-state index contributed by atoms with van der Waals surface area (Å²) in [5.74, 6) is 3.70. The highest BCUT2D eigenvalue weighted by molar-refractivity contribution is 5.95. The van der Waals surface area contributed by atoms with Gasteiger partial charge in [-0.25, -0.2) is 19.7 Å². The summed E-state index contributed by atoms with van der Waals surface area (Å²) < 4.78 is 4.87. The molecule has 27 heavy (non-hydrogen) atoms. The highest BCUT2D eigenvalue weighted by atomic mass is 16.5. The molecule has 0 spiro atoms. The van der Waals surface area contributed by atoms with Crippen LogP contribution < -0.4 is 10.6 Å². The van der Waals surface area contributed by atoms with Gasteiger partial charge in [-0.3, -0.25) is 0 Å². The van der Waals surface area contributed by atoms with Crippen molar-refractivity contribution in [1.29, 1.82) is 0 Å². The topological polar surface area (TPSA) is 89.0 Å². The van der Waals surface area contributed by atoms with Crippen LogP contribution in [0.2, 0.25) is 0 Å². The van der Waals surface area contributed by atoms with E-state index in [0.29, 0.717) is 34.5 Å². The Kier molecular flexibility index (Phi) is 6.21. The molecule has 1 aliphatic carbocycles. The Morgan fingerprint density at radius 3 is 2.63 bits per heavy atom. The second-order valence-corrected chi connectivity index (χ2v) is 6.55. The summed E-state index contributed by atoms with van der Waals surface area (Å²) in [7, 11) is 1.36. The molecule has 1 fully saturated rings. The van der Waals surface area contributed by atoms with E-state index in [4.69, 9.17) is 11.2 Å². The first kappa shape index (κ1) is 18.6. The van der Waals surface area contributed by atoms with Crippen LogP contribution in [-0.4, -0.2) is 34.6 Å². The van der Waals surface area contributed by atoms with Crippen LogP contribution in [0.4, 0.5) is 17.3 Å². The van der Waals surface area contributed by atoms with Crippen molar-refractivity contribution >= 4 is 23.3 Å². The fourth-order valence-electron chi connectivity index (χ4n) is 3.19. The van der Waals surface area contributed by atoms with Gasteiger partial charge < -0.3 is 15.4 Å². The number of terminal acetylenes is 1. The van der Waals surface area contributed by atoms with Crippen LogP contribution in [0.5, 0.6) is 0 Å². The minimum atomic E-state index is -0.418. The Morgan fingerprint density at radius 2 is 1.96 bits per heavy atom. The lowest BCUT2D eigenvalue weighted by atomic mass is 9.89. The van der Waals surface area contributed by atoms with Crippen molar-refractivity contribution in [2.45, 2.75) is 32.1 Å². The third-order valence-electron chi connectivity index (χ3n) is 4.67. The van der Waals surface area contributed by atoms with Crippen molar-refractivity contribution in [3.8, 4) is 12.3 Å². The van der Waals surface area contributed by atoms with Gasteiger partial charge in [0.25, 0.3) is 0 Å². The molecule has 2 aromatic heterocycles. The molecule has 0 unspecified atom stereocenters. The van der Waals surface area contributed by atoms with E-state index < -0.39 is 5.97 Å². The highest BCUT2D eigenvalue weighted by Crippen LogP contribution is 2.26. The van der Waals surface area contributed by atoms with Crippen molar-refractivity contribution in [3.63, 3.8) is 0 Å². The number of rotatable bonds is 6. The fourth-order valence-corrected chi connectivity index (χ4v) is 3.19. The Labute approximate surface area is 159 Å². The number of carbonyl (C=O) groups excluding carboxylic acids is 1. The second kappa shape index (κ2) is 8.99. The highest BCUT2D eigenvalue weighted by Gasteiger charge is 2.17. The van der Waals surface area contributed by atoms with Crippen LogP contribution in [0, 0.1) is 18.3 Å². The maximum absolute atomic E-state index is 12.1. The van der Waals surface area contributed by atoms with Gasteiger partial charge in [0.15, 0.2) is 0 Å². The quantitative estimate of drug-likeness (QED) is 0.599. The van der Waals surface area contributed by atoms with E-state index >= 15 is 0 Å². The SMILES string of the molecule is C#Cc1cnc(Nc2cc(NCC3CCCCC3)c(C(=O)OC)cn2)cn1. The average molecular weight is 365 g/mol. The lowest BCUT2D eigenvalue weighted by Crippen LogP contribution is -2.19. The Morgan fingerprint density at radius 1 is 1.19 bits per heavy atom. The first-order valence-electron chi connectivity index (χ1n) is 9.07. The molecule has 7 heteroatoms. The van der Waals surface area contributed by atoms with E-state index in [-0.39, 0.29) is 0 Å². The molecule has 1 saturated carbocycles. The number of nitrogens with one attached hydrogen (secondary N) is 2. The molecule has 0 bridgehead atoms. The zero-order valence-corrected chi connectivity index (χ0v) is 15.4. The minimum absolute atomic E-state index is 0.410. The normalized spacial score (nSPS) is 14.2. The summed E-state index contributed by atoms with van der Waals surface area (Å²) in [6, 6.07) is 1.78. The van der Waals surface area contributed by atoms with Crippen LogP contribution in [0.25, 0.3) is 0 Å². The molecule has 1 aliphatic rings.